The number of hydrogen-bond donors (Lipinski definition) is 2. The van der Waals surface area contributed by atoms with Crippen LogP contribution in [0, 0.1) is 0 Å². The second kappa shape index (κ2) is 5.64. The number of aromatic nitrogens is 1. The van der Waals surface area contributed by atoms with Crippen LogP contribution in [0.1, 0.15) is 17.2 Å². The van der Waals surface area contributed by atoms with Gasteiger partial charge in [-0.1, -0.05) is 36.4 Å². The van der Waals surface area contributed by atoms with E-state index in [-0.39, 0.29) is 0 Å². The summed E-state index contributed by atoms with van der Waals surface area (Å²) >= 11 is 3.25. The van der Waals surface area contributed by atoms with Crippen molar-refractivity contribution in [2.45, 2.75) is 6.04 Å². The number of nitrogens with zero attached hydrogens (tertiary/aromatic N) is 1. The molecule has 0 aliphatic rings. The highest BCUT2D eigenvalue weighted by Gasteiger charge is 2.16. The first-order valence-electron chi connectivity index (χ1n) is 5.32. The lowest BCUT2D eigenvalue weighted by Gasteiger charge is -2.17. The molecule has 0 aliphatic carbocycles. The molecule has 1 amide bonds. The highest BCUT2D eigenvalue weighted by molar-refractivity contribution is 9.10. The van der Waals surface area contributed by atoms with Crippen LogP contribution in [0.25, 0.3) is 0 Å². The molecule has 0 aliphatic heterocycles. The lowest BCUT2D eigenvalue weighted by Crippen LogP contribution is -2.27. The molecule has 2 N–H and O–H groups in total. The van der Waals surface area contributed by atoms with Gasteiger partial charge in [0.15, 0.2) is 0 Å². The maximum Gasteiger partial charge on any atom is 0.405 e. The summed E-state index contributed by atoms with van der Waals surface area (Å²) in [5.41, 5.74) is 1.68. The molecule has 0 saturated heterocycles. The van der Waals surface area contributed by atoms with Gasteiger partial charge in [0.05, 0.1) is 6.04 Å². The van der Waals surface area contributed by atoms with Crippen molar-refractivity contribution >= 4 is 22.0 Å². The summed E-state index contributed by atoms with van der Waals surface area (Å²) in [6.07, 6.45) is 0.587. The Morgan fingerprint density at radius 1 is 1.17 bits per heavy atom. The van der Waals surface area contributed by atoms with Crippen molar-refractivity contribution in [2.24, 2.45) is 0 Å². The predicted octanol–water partition coefficient (Wildman–Crippen LogP) is 3.20. The summed E-state index contributed by atoms with van der Waals surface area (Å²) in [5.74, 6) is 0. The zero-order valence-electron chi connectivity index (χ0n) is 9.38. The molecule has 1 heterocycles. The molecule has 2 aromatic rings. The Morgan fingerprint density at radius 3 is 2.44 bits per heavy atom. The molecule has 2 rings (SSSR count). The number of rotatable bonds is 3. The fourth-order valence-corrected chi connectivity index (χ4v) is 1.92. The molecule has 0 fully saturated rings. The van der Waals surface area contributed by atoms with Gasteiger partial charge in [0.2, 0.25) is 0 Å². The molecule has 1 aromatic carbocycles. The third-order valence-electron chi connectivity index (χ3n) is 2.48. The van der Waals surface area contributed by atoms with Crippen molar-refractivity contribution < 1.29 is 9.90 Å². The SMILES string of the molecule is O=C(O)NC(c1ccccc1)c1ccc(Br)nc1. The molecule has 4 nitrogen and oxygen atoms in total. The Labute approximate surface area is 113 Å². The van der Waals surface area contributed by atoms with Crippen LogP contribution in [0.15, 0.2) is 53.3 Å². The van der Waals surface area contributed by atoms with Crippen LogP contribution in [0.5, 0.6) is 0 Å². The minimum absolute atomic E-state index is 0.413. The molecular formula is C13H11BrN2O2. The average Bonchev–Trinajstić information content (AvgIpc) is 2.38. The van der Waals surface area contributed by atoms with Crippen molar-refractivity contribution in [1.82, 2.24) is 10.3 Å². The quantitative estimate of drug-likeness (QED) is 0.856. The third-order valence-corrected chi connectivity index (χ3v) is 2.95. The minimum atomic E-state index is -1.06. The largest absolute Gasteiger partial charge is 0.465 e. The van der Waals surface area contributed by atoms with Crippen LogP contribution in [-0.4, -0.2) is 16.2 Å². The highest BCUT2D eigenvalue weighted by atomic mass is 79.9. The molecule has 0 radical (unpaired) electrons. The van der Waals surface area contributed by atoms with E-state index in [4.69, 9.17) is 5.11 Å². The second-order valence-corrected chi connectivity index (χ2v) is 4.52. The van der Waals surface area contributed by atoms with Gasteiger partial charge in [-0.2, -0.15) is 0 Å². The minimum Gasteiger partial charge on any atom is -0.465 e. The zero-order chi connectivity index (χ0) is 13.0. The van der Waals surface area contributed by atoms with Gasteiger partial charge < -0.3 is 10.4 Å². The molecule has 18 heavy (non-hydrogen) atoms. The summed E-state index contributed by atoms with van der Waals surface area (Å²) in [5, 5.41) is 11.4. The summed E-state index contributed by atoms with van der Waals surface area (Å²) in [6, 6.07) is 12.6. The van der Waals surface area contributed by atoms with Gasteiger partial charge in [-0.05, 0) is 33.1 Å². The number of carboxylic acid groups (broad SMARTS) is 1. The number of pyridine rings is 1. The normalized spacial score (nSPS) is 11.8. The van der Waals surface area contributed by atoms with E-state index in [1.165, 1.54) is 0 Å². The molecule has 92 valence electrons. The van der Waals surface area contributed by atoms with Crippen molar-refractivity contribution in [3.05, 3.63) is 64.4 Å². The van der Waals surface area contributed by atoms with Crippen LogP contribution in [0.4, 0.5) is 4.79 Å². The van der Waals surface area contributed by atoms with Crippen LogP contribution < -0.4 is 5.32 Å². The molecule has 5 heteroatoms. The van der Waals surface area contributed by atoms with E-state index in [0.717, 1.165) is 11.1 Å². The summed E-state index contributed by atoms with van der Waals surface area (Å²) in [7, 11) is 0. The maximum absolute atomic E-state index is 10.9. The first kappa shape index (κ1) is 12.6. The number of nitrogens with one attached hydrogen (secondary N) is 1. The van der Waals surface area contributed by atoms with E-state index in [2.05, 4.69) is 26.2 Å². The Hall–Kier alpha value is -1.88. The zero-order valence-corrected chi connectivity index (χ0v) is 11.0. The Kier molecular flexibility index (Phi) is 3.94. The summed E-state index contributed by atoms with van der Waals surface area (Å²) in [6.45, 7) is 0. The molecule has 1 aromatic heterocycles. The van der Waals surface area contributed by atoms with Gasteiger partial charge in [0.1, 0.15) is 4.60 Å². The van der Waals surface area contributed by atoms with E-state index in [0.29, 0.717) is 4.60 Å². The standard InChI is InChI=1S/C13H11BrN2O2/c14-11-7-6-10(8-15-11)12(16-13(17)18)9-4-2-1-3-5-9/h1-8,12,16H,(H,17,18). The van der Waals surface area contributed by atoms with E-state index < -0.39 is 12.1 Å². The molecule has 0 bridgehead atoms. The van der Waals surface area contributed by atoms with Crippen LogP contribution >= 0.6 is 15.9 Å². The lowest BCUT2D eigenvalue weighted by molar-refractivity contribution is 0.191. The lowest BCUT2D eigenvalue weighted by atomic mass is 10.0. The fourth-order valence-electron chi connectivity index (χ4n) is 1.69. The van der Waals surface area contributed by atoms with E-state index in [1.54, 1.807) is 12.3 Å². The number of hydrogen-bond acceptors (Lipinski definition) is 2. The third kappa shape index (κ3) is 3.07. The Balaban J connectivity index is 2.36. The van der Waals surface area contributed by atoms with Gasteiger partial charge in [-0.3, -0.25) is 0 Å². The van der Waals surface area contributed by atoms with Crippen molar-refractivity contribution in [2.75, 3.05) is 0 Å². The first-order chi connectivity index (χ1) is 8.66. The van der Waals surface area contributed by atoms with Crippen molar-refractivity contribution in [3.8, 4) is 0 Å². The number of halogens is 1. The predicted molar refractivity (Wildman–Crippen MR) is 71.4 cm³/mol. The molecular weight excluding hydrogens is 296 g/mol. The van der Waals surface area contributed by atoms with Crippen LogP contribution in [0.2, 0.25) is 0 Å². The Bertz CT molecular complexity index is 528. The second-order valence-electron chi connectivity index (χ2n) is 3.71. The van der Waals surface area contributed by atoms with E-state index in [1.807, 2.05) is 36.4 Å². The van der Waals surface area contributed by atoms with Gasteiger partial charge >= 0.3 is 6.09 Å². The monoisotopic (exact) mass is 306 g/mol. The maximum atomic E-state index is 10.9. The molecule has 0 saturated carbocycles. The van der Waals surface area contributed by atoms with Gasteiger partial charge in [0, 0.05) is 6.20 Å². The van der Waals surface area contributed by atoms with Gasteiger partial charge in [0.25, 0.3) is 0 Å². The fraction of sp³-hybridized carbons (Fsp3) is 0.0769. The average molecular weight is 307 g/mol. The summed E-state index contributed by atoms with van der Waals surface area (Å²) in [4.78, 5) is 15.0. The summed E-state index contributed by atoms with van der Waals surface area (Å²) < 4.78 is 0.716. The topological polar surface area (TPSA) is 62.2 Å². The number of amides is 1. The first-order valence-corrected chi connectivity index (χ1v) is 6.12. The number of benzene rings is 1. The Morgan fingerprint density at radius 2 is 1.89 bits per heavy atom. The van der Waals surface area contributed by atoms with Crippen LogP contribution in [0.3, 0.4) is 0 Å². The van der Waals surface area contributed by atoms with E-state index in [9.17, 15) is 4.79 Å². The van der Waals surface area contributed by atoms with Gasteiger partial charge in [-0.25, -0.2) is 9.78 Å². The molecule has 1 unspecified atom stereocenters. The van der Waals surface area contributed by atoms with Gasteiger partial charge in [-0.15, -0.1) is 0 Å². The molecule has 0 spiro atoms. The molecule has 1 atom stereocenters. The van der Waals surface area contributed by atoms with Crippen molar-refractivity contribution in [1.29, 1.82) is 0 Å². The van der Waals surface area contributed by atoms with Crippen molar-refractivity contribution in [3.63, 3.8) is 0 Å². The smallest absolute Gasteiger partial charge is 0.405 e. The van der Waals surface area contributed by atoms with E-state index >= 15 is 0 Å². The number of carbonyl (C=O) groups is 1. The highest BCUT2D eigenvalue weighted by Crippen LogP contribution is 2.22. The van der Waals surface area contributed by atoms with Crippen LogP contribution in [-0.2, 0) is 0 Å².